The zero-order chi connectivity index (χ0) is 23.1. The van der Waals surface area contributed by atoms with Gasteiger partial charge in [-0.25, -0.2) is 4.79 Å². The van der Waals surface area contributed by atoms with Crippen LogP contribution in [0.5, 0.6) is 0 Å². The first kappa shape index (κ1) is 27.9. The third kappa shape index (κ3) is 11.9. The molecule has 0 heterocycles. The van der Waals surface area contributed by atoms with Gasteiger partial charge in [-0.05, 0) is 51.9 Å². The quantitative estimate of drug-likeness (QED) is 0.147. The molecule has 0 aromatic rings. The minimum absolute atomic E-state index is 0.0183. The summed E-state index contributed by atoms with van der Waals surface area (Å²) in [6.07, 6.45) is 15.9. The maximum atomic E-state index is 11.5. The molecule has 31 heavy (non-hydrogen) atoms. The number of rotatable bonds is 16. The lowest BCUT2D eigenvalue weighted by molar-refractivity contribution is -0.141. The second kappa shape index (κ2) is 16.5. The third-order valence-corrected chi connectivity index (χ3v) is 5.85. The highest BCUT2D eigenvalue weighted by molar-refractivity contribution is 5.81. The minimum atomic E-state index is -0.424. The molecular weight excluding hydrogens is 392 g/mol. The van der Waals surface area contributed by atoms with Crippen molar-refractivity contribution in [2.24, 2.45) is 11.8 Å². The van der Waals surface area contributed by atoms with E-state index in [0.29, 0.717) is 13.0 Å². The Morgan fingerprint density at radius 2 is 1.90 bits per heavy atom. The zero-order valence-corrected chi connectivity index (χ0v) is 20.2. The summed E-state index contributed by atoms with van der Waals surface area (Å²) in [5.41, 5.74) is 0. The number of aliphatic hydroxyl groups excluding tert-OH is 2. The van der Waals surface area contributed by atoms with Crippen molar-refractivity contribution in [3.05, 3.63) is 24.3 Å². The molecular formula is C26H46O5. The Bertz CT molecular complexity index is 528. The average molecular weight is 439 g/mol. The molecule has 0 bridgehead atoms. The molecule has 0 aromatic heterocycles. The van der Waals surface area contributed by atoms with Gasteiger partial charge in [-0.15, -0.1) is 0 Å². The van der Waals surface area contributed by atoms with Gasteiger partial charge in [0.05, 0.1) is 24.4 Å². The molecule has 5 heteroatoms. The van der Waals surface area contributed by atoms with Crippen LogP contribution in [0.1, 0.15) is 91.9 Å². The first-order valence-electron chi connectivity index (χ1n) is 12.4. The topological polar surface area (TPSA) is 76.0 Å². The van der Waals surface area contributed by atoms with Crippen LogP contribution in [0.25, 0.3) is 0 Å². The summed E-state index contributed by atoms with van der Waals surface area (Å²) in [5.74, 6) is -0.00500. The Balaban J connectivity index is 2.55. The molecule has 0 amide bonds. The highest BCUT2D eigenvalue weighted by Gasteiger charge is 2.41. The van der Waals surface area contributed by atoms with Crippen molar-refractivity contribution in [1.82, 2.24) is 0 Å². The number of aliphatic hydroxyl groups is 2. The minimum Gasteiger partial charge on any atom is -0.460 e. The second-order valence-electron chi connectivity index (χ2n) is 9.07. The molecule has 1 saturated carbocycles. The Labute approximate surface area is 189 Å². The number of allylic oxidation sites excluding steroid dienone is 1. The lowest BCUT2D eigenvalue weighted by atomic mass is 9.88. The SMILES string of the molecule is CCCCCC(O)C=CC1C(OCCC)CC(O)C1CCCCC=CC(=O)OC(C)C. The van der Waals surface area contributed by atoms with Gasteiger partial charge in [-0.3, -0.25) is 0 Å². The van der Waals surface area contributed by atoms with E-state index in [1.54, 1.807) is 0 Å². The van der Waals surface area contributed by atoms with Gasteiger partial charge >= 0.3 is 5.97 Å². The summed E-state index contributed by atoms with van der Waals surface area (Å²) in [7, 11) is 0. The number of ether oxygens (including phenoxy) is 2. The van der Waals surface area contributed by atoms with Crippen LogP contribution in [0.3, 0.4) is 0 Å². The number of hydrogen-bond acceptors (Lipinski definition) is 5. The van der Waals surface area contributed by atoms with E-state index < -0.39 is 6.10 Å². The van der Waals surface area contributed by atoms with Crippen LogP contribution in [-0.2, 0) is 14.3 Å². The molecule has 1 aliphatic carbocycles. The van der Waals surface area contributed by atoms with Crippen LogP contribution in [0.2, 0.25) is 0 Å². The molecule has 5 unspecified atom stereocenters. The summed E-state index contributed by atoms with van der Waals surface area (Å²) in [4.78, 5) is 11.5. The second-order valence-corrected chi connectivity index (χ2v) is 9.07. The molecule has 5 atom stereocenters. The first-order valence-corrected chi connectivity index (χ1v) is 12.4. The highest BCUT2D eigenvalue weighted by Crippen LogP contribution is 2.39. The molecule has 1 fully saturated rings. The van der Waals surface area contributed by atoms with Gasteiger partial charge in [0.1, 0.15) is 0 Å². The van der Waals surface area contributed by atoms with E-state index in [0.717, 1.165) is 57.8 Å². The fraction of sp³-hybridized carbons (Fsp3) is 0.808. The summed E-state index contributed by atoms with van der Waals surface area (Å²) in [5, 5.41) is 21.0. The normalized spacial score (nSPS) is 25.1. The largest absolute Gasteiger partial charge is 0.460 e. The molecule has 180 valence electrons. The van der Waals surface area contributed by atoms with Crippen LogP contribution in [0.15, 0.2) is 24.3 Å². The van der Waals surface area contributed by atoms with Gasteiger partial charge in [-0.1, -0.05) is 57.8 Å². The van der Waals surface area contributed by atoms with Crippen LogP contribution >= 0.6 is 0 Å². The fourth-order valence-electron chi connectivity index (χ4n) is 4.25. The predicted molar refractivity (Wildman–Crippen MR) is 126 cm³/mol. The number of esters is 1. The molecule has 0 spiro atoms. The van der Waals surface area contributed by atoms with Gasteiger partial charge in [0.15, 0.2) is 0 Å². The van der Waals surface area contributed by atoms with E-state index in [4.69, 9.17) is 9.47 Å². The first-order chi connectivity index (χ1) is 14.9. The Morgan fingerprint density at radius 1 is 1.13 bits per heavy atom. The van der Waals surface area contributed by atoms with Crippen molar-refractivity contribution in [3.8, 4) is 0 Å². The number of carbonyl (C=O) groups excluding carboxylic acids is 1. The Kier molecular flexibility index (Phi) is 14.8. The summed E-state index contributed by atoms with van der Waals surface area (Å²) in [6, 6.07) is 0. The number of hydrogen-bond donors (Lipinski definition) is 2. The zero-order valence-electron chi connectivity index (χ0n) is 20.2. The van der Waals surface area contributed by atoms with E-state index >= 15 is 0 Å². The van der Waals surface area contributed by atoms with Crippen molar-refractivity contribution in [3.63, 3.8) is 0 Å². The molecule has 0 aliphatic heterocycles. The predicted octanol–water partition coefficient (Wildman–Crippen LogP) is 5.34. The lowest BCUT2D eigenvalue weighted by Gasteiger charge is -2.23. The van der Waals surface area contributed by atoms with Crippen LogP contribution in [0.4, 0.5) is 0 Å². The van der Waals surface area contributed by atoms with Gasteiger partial charge < -0.3 is 19.7 Å². The molecule has 5 nitrogen and oxygen atoms in total. The van der Waals surface area contributed by atoms with Crippen LogP contribution in [-0.4, -0.2) is 47.2 Å². The van der Waals surface area contributed by atoms with Gasteiger partial charge in [0.25, 0.3) is 0 Å². The number of unbranched alkanes of at least 4 members (excludes halogenated alkanes) is 4. The van der Waals surface area contributed by atoms with Crippen LogP contribution in [0, 0.1) is 11.8 Å². The lowest BCUT2D eigenvalue weighted by Crippen LogP contribution is -2.23. The van der Waals surface area contributed by atoms with E-state index in [1.165, 1.54) is 6.08 Å². The fourth-order valence-corrected chi connectivity index (χ4v) is 4.25. The average Bonchev–Trinajstić information content (AvgIpc) is 3.01. The van der Waals surface area contributed by atoms with Gasteiger partial charge in [-0.2, -0.15) is 0 Å². The molecule has 1 aliphatic rings. The molecule has 2 N–H and O–H groups in total. The summed E-state index contributed by atoms with van der Waals surface area (Å²) >= 11 is 0. The van der Waals surface area contributed by atoms with E-state index in [2.05, 4.69) is 19.9 Å². The Hall–Kier alpha value is -1.17. The summed E-state index contributed by atoms with van der Waals surface area (Å²) < 4.78 is 11.1. The number of carbonyl (C=O) groups is 1. The van der Waals surface area contributed by atoms with Crippen molar-refractivity contribution in [1.29, 1.82) is 0 Å². The Morgan fingerprint density at radius 3 is 2.58 bits per heavy atom. The maximum Gasteiger partial charge on any atom is 0.330 e. The van der Waals surface area contributed by atoms with Crippen molar-refractivity contribution >= 4 is 5.97 Å². The molecule has 0 radical (unpaired) electrons. The van der Waals surface area contributed by atoms with Gasteiger partial charge in [0, 0.05) is 25.0 Å². The molecule has 0 saturated heterocycles. The van der Waals surface area contributed by atoms with Crippen molar-refractivity contribution in [2.75, 3.05) is 6.61 Å². The van der Waals surface area contributed by atoms with Crippen molar-refractivity contribution in [2.45, 2.75) is 116 Å². The summed E-state index contributed by atoms with van der Waals surface area (Å²) in [6.45, 7) is 8.63. The third-order valence-electron chi connectivity index (χ3n) is 5.85. The standard InChI is InChI=1S/C26H46O5/c1-5-7-10-13-21(27)16-17-23-22(24(28)19-25(23)30-18-6-2)14-11-8-9-12-15-26(29)31-20(3)4/h12,15-17,20-25,27-28H,5-11,13-14,18-19H2,1-4H3. The smallest absolute Gasteiger partial charge is 0.330 e. The van der Waals surface area contributed by atoms with E-state index in [-0.39, 0.29) is 36.1 Å². The van der Waals surface area contributed by atoms with Gasteiger partial charge in [0.2, 0.25) is 0 Å². The molecule has 0 aromatic carbocycles. The molecule has 1 rings (SSSR count). The van der Waals surface area contributed by atoms with Crippen LogP contribution < -0.4 is 0 Å². The monoisotopic (exact) mass is 438 g/mol. The van der Waals surface area contributed by atoms with E-state index in [9.17, 15) is 15.0 Å². The van der Waals surface area contributed by atoms with E-state index in [1.807, 2.05) is 26.0 Å². The maximum absolute atomic E-state index is 11.5. The van der Waals surface area contributed by atoms with Crippen molar-refractivity contribution < 1.29 is 24.5 Å². The highest BCUT2D eigenvalue weighted by atomic mass is 16.5.